The number of anilines is 1. The third-order valence-corrected chi connectivity index (χ3v) is 12.3. The Kier molecular flexibility index (Phi) is 12.8. The number of hydrogen-bond donors (Lipinski definition) is 9. The zero-order valence-electron chi connectivity index (χ0n) is 31.5. The van der Waals surface area contributed by atoms with Crippen molar-refractivity contribution in [2.45, 2.75) is 78.8 Å². The van der Waals surface area contributed by atoms with E-state index in [1.165, 1.54) is 41.3 Å². The molecule has 3 aliphatic rings. The molecule has 7 rings (SSSR count). The number of carboxylic acid groups (broad SMARTS) is 2. The molecule has 14 atom stereocenters. The number of para-hydroxylation sites is 1. The predicted octanol–water partition coefficient (Wildman–Crippen LogP) is 0.325. The minimum atomic E-state index is -2.19. The zero-order chi connectivity index (χ0) is 43.9. The minimum absolute atomic E-state index is 0.0568. The SMILES string of the molecule is O=C(O)C1O[C@@H](Oc2cccc(-c3ccc([C@@H]4[C@@H](S(=O)C[C@H](O[C@@H]5OC(C(=O)O)[C@H](O)[C@H](O)C5O)c5ccc(F)cc5)C(=O)N4c4ccccc4)c(O)c3)c2)C(O)C(O)C1O. The van der Waals surface area contributed by atoms with Gasteiger partial charge in [0, 0.05) is 22.1 Å². The van der Waals surface area contributed by atoms with Gasteiger partial charge in [-0.3, -0.25) is 9.00 Å². The number of β-lactam (4-membered cyclic amide) rings is 1. The third kappa shape index (κ3) is 8.73. The number of phenolic OH excluding ortho intramolecular Hbond substituents is 1. The van der Waals surface area contributed by atoms with Gasteiger partial charge < -0.3 is 69.8 Å². The first-order chi connectivity index (χ1) is 29.0. The summed E-state index contributed by atoms with van der Waals surface area (Å²) in [7, 11) is -2.19. The van der Waals surface area contributed by atoms with Crippen molar-refractivity contribution in [3.63, 3.8) is 0 Å². The highest BCUT2D eigenvalue weighted by Gasteiger charge is 2.54. The number of aromatic hydroxyl groups is 1. The van der Waals surface area contributed by atoms with Crippen LogP contribution in [-0.4, -0.2) is 140 Å². The van der Waals surface area contributed by atoms with Crippen LogP contribution >= 0.6 is 0 Å². The largest absolute Gasteiger partial charge is 0.508 e. The summed E-state index contributed by atoms with van der Waals surface area (Å²) in [6.45, 7) is 0. The molecule has 61 heavy (non-hydrogen) atoms. The van der Waals surface area contributed by atoms with Crippen LogP contribution in [0.2, 0.25) is 0 Å². The van der Waals surface area contributed by atoms with Gasteiger partial charge in [0.1, 0.15) is 59.2 Å². The van der Waals surface area contributed by atoms with Gasteiger partial charge in [-0.25, -0.2) is 14.0 Å². The van der Waals surface area contributed by atoms with E-state index in [-0.39, 0.29) is 22.6 Å². The van der Waals surface area contributed by atoms with E-state index in [0.29, 0.717) is 16.8 Å². The lowest BCUT2D eigenvalue weighted by molar-refractivity contribution is -0.303. The maximum atomic E-state index is 14.4. The normalized spacial score (nSPS) is 31.1. The number of carbonyl (C=O) groups excluding carboxylic acids is 1. The Morgan fingerprint density at radius 2 is 1.31 bits per heavy atom. The number of carbonyl (C=O) groups is 3. The lowest BCUT2D eigenvalue weighted by Crippen LogP contribution is -2.62. The molecule has 9 N–H and O–H groups in total. The Bertz CT molecular complexity index is 2270. The van der Waals surface area contributed by atoms with Crippen molar-refractivity contribution in [1.29, 1.82) is 0 Å². The maximum absolute atomic E-state index is 14.4. The number of halogens is 1. The molecule has 0 spiro atoms. The molecule has 18 nitrogen and oxygen atoms in total. The van der Waals surface area contributed by atoms with Crippen molar-refractivity contribution in [1.82, 2.24) is 0 Å². The summed E-state index contributed by atoms with van der Waals surface area (Å²) in [6, 6.07) is 22.6. The maximum Gasteiger partial charge on any atom is 0.335 e. The molecule has 20 heteroatoms. The average Bonchev–Trinajstić information content (AvgIpc) is 3.23. The van der Waals surface area contributed by atoms with Crippen molar-refractivity contribution in [3.05, 3.63) is 114 Å². The molecule has 3 saturated heterocycles. The third-order valence-electron chi connectivity index (χ3n) is 10.6. The van der Waals surface area contributed by atoms with E-state index in [1.54, 1.807) is 48.5 Å². The van der Waals surface area contributed by atoms with Crippen LogP contribution in [0.3, 0.4) is 0 Å². The number of rotatable bonds is 13. The molecule has 324 valence electrons. The monoisotopic (exact) mass is 869 g/mol. The second kappa shape index (κ2) is 17.9. The van der Waals surface area contributed by atoms with Crippen LogP contribution in [0.1, 0.15) is 23.3 Å². The number of aliphatic hydroxyl groups is 6. The van der Waals surface area contributed by atoms with Gasteiger partial charge in [-0.15, -0.1) is 0 Å². The number of benzene rings is 4. The number of carboxylic acids is 2. The Morgan fingerprint density at radius 1 is 0.721 bits per heavy atom. The van der Waals surface area contributed by atoms with Gasteiger partial charge in [-0.05, 0) is 59.2 Å². The molecule has 0 aromatic heterocycles. The Hall–Kier alpha value is -5.39. The van der Waals surface area contributed by atoms with E-state index in [9.17, 15) is 68.9 Å². The summed E-state index contributed by atoms with van der Waals surface area (Å²) in [6.07, 6.45) is -20.5. The van der Waals surface area contributed by atoms with E-state index in [0.717, 1.165) is 12.1 Å². The molecule has 3 heterocycles. The number of ether oxygens (including phenoxy) is 4. The van der Waals surface area contributed by atoms with Crippen LogP contribution in [0.4, 0.5) is 10.1 Å². The van der Waals surface area contributed by atoms with Gasteiger partial charge in [0.25, 0.3) is 0 Å². The molecule has 4 aromatic rings. The molecule has 0 bridgehead atoms. The summed E-state index contributed by atoms with van der Waals surface area (Å²) < 4.78 is 50.5. The Morgan fingerprint density at radius 3 is 1.92 bits per heavy atom. The Labute approximate surface area is 347 Å². The fourth-order valence-corrected chi connectivity index (χ4v) is 9.04. The first-order valence-corrected chi connectivity index (χ1v) is 20.0. The van der Waals surface area contributed by atoms with Crippen molar-refractivity contribution >= 4 is 34.3 Å². The number of aliphatic hydroxyl groups excluding tert-OH is 6. The lowest BCUT2D eigenvalue weighted by Gasteiger charge is -2.47. The Balaban J connectivity index is 1.16. The number of amides is 1. The van der Waals surface area contributed by atoms with Crippen LogP contribution in [0, 0.1) is 5.82 Å². The van der Waals surface area contributed by atoms with Gasteiger partial charge in [0.05, 0.1) is 17.9 Å². The molecular formula is C41H40FNO17S. The van der Waals surface area contributed by atoms with E-state index in [2.05, 4.69) is 0 Å². The first kappa shape index (κ1) is 43.7. The highest BCUT2D eigenvalue weighted by Crippen LogP contribution is 2.46. The fraction of sp³-hybridized carbons (Fsp3) is 0.341. The molecule has 1 amide bonds. The van der Waals surface area contributed by atoms with Gasteiger partial charge in [0.15, 0.2) is 18.5 Å². The molecule has 0 saturated carbocycles. The molecule has 0 aliphatic carbocycles. The number of phenols is 1. The standard InChI is InChI=1S/C41H40FNO17S/c42-21-12-9-18(10-13-21)26(58-41-33(50)29(46)31(48)35(60-41)39(54)55)17-61(56)36-27(43(37(36)51)22-6-2-1-3-7-22)24-14-11-20(16-25(24)44)19-5-4-8-23(15-19)57-40-32(49)28(45)30(47)34(59-40)38(52)53/h1-16,26-36,40-41,44-50H,17H2,(H,52,53)(H,54,55)/t26-,27+,28?,29-,30?,31+,32?,33?,34?,35?,36+,40+,41+,61?/m0/s1. The van der Waals surface area contributed by atoms with E-state index in [1.807, 2.05) is 0 Å². The smallest absolute Gasteiger partial charge is 0.335 e. The molecule has 4 aromatic carbocycles. The van der Waals surface area contributed by atoms with Gasteiger partial charge >= 0.3 is 11.9 Å². The lowest BCUT2D eigenvalue weighted by atomic mass is 9.90. The van der Waals surface area contributed by atoms with Gasteiger partial charge in [-0.2, -0.15) is 0 Å². The van der Waals surface area contributed by atoms with Crippen LogP contribution in [0.15, 0.2) is 97.1 Å². The highest BCUT2D eigenvalue weighted by atomic mass is 32.2. The van der Waals surface area contributed by atoms with Gasteiger partial charge in [0.2, 0.25) is 12.2 Å². The van der Waals surface area contributed by atoms with Crippen molar-refractivity contribution < 1.29 is 87.9 Å². The minimum Gasteiger partial charge on any atom is -0.508 e. The summed E-state index contributed by atoms with van der Waals surface area (Å²) >= 11 is 0. The summed E-state index contributed by atoms with van der Waals surface area (Å²) in [5.41, 5.74) is 1.62. The van der Waals surface area contributed by atoms with E-state index in [4.69, 9.17) is 18.9 Å². The fourth-order valence-electron chi connectivity index (χ4n) is 7.37. The summed E-state index contributed by atoms with van der Waals surface area (Å²) in [4.78, 5) is 38.6. The van der Waals surface area contributed by atoms with E-state index < -0.39 is 119 Å². The molecule has 0 radical (unpaired) electrons. The first-order valence-electron chi connectivity index (χ1n) is 18.7. The predicted molar refractivity (Wildman–Crippen MR) is 206 cm³/mol. The van der Waals surface area contributed by atoms with Crippen molar-refractivity contribution in [2.75, 3.05) is 10.7 Å². The van der Waals surface area contributed by atoms with Gasteiger partial charge in [-0.1, -0.05) is 54.6 Å². The average molecular weight is 870 g/mol. The molecule has 3 aliphatic heterocycles. The number of aliphatic carboxylic acids is 2. The quantitative estimate of drug-likeness (QED) is 0.0818. The number of hydrogen-bond acceptors (Lipinski definition) is 15. The van der Waals surface area contributed by atoms with Crippen LogP contribution in [0.25, 0.3) is 11.1 Å². The molecule has 3 fully saturated rings. The van der Waals surface area contributed by atoms with Crippen LogP contribution < -0.4 is 9.64 Å². The highest BCUT2D eigenvalue weighted by molar-refractivity contribution is 7.86. The van der Waals surface area contributed by atoms with Crippen LogP contribution in [-0.2, 0) is 39.4 Å². The number of nitrogens with zero attached hydrogens (tertiary/aromatic N) is 1. The second-order valence-electron chi connectivity index (χ2n) is 14.5. The molecular weight excluding hydrogens is 830 g/mol. The van der Waals surface area contributed by atoms with Crippen molar-refractivity contribution in [3.8, 4) is 22.6 Å². The summed E-state index contributed by atoms with van der Waals surface area (Å²) in [5.74, 6) is -5.28. The zero-order valence-corrected chi connectivity index (χ0v) is 32.3. The van der Waals surface area contributed by atoms with Crippen molar-refractivity contribution in [2.24, 2.45) is 0 Å². The van der Waals surface area contributed by atoms with E-state index >= 15 is 0 Å². The van der Waals surface area contributed by atoms with Crippen LogP contribution in [0.5, 0.6) is 11.5 Å². The summed E-state index contributed by atoms with van der Waals surface area (Å²) in [5, 5.41) is 91.0. The second-order valence-corrected chi connectivity index (χ2v) is 16.1. The molecule has 7 unspecified atom stereocenters. The topological polar surface area (TPSA) is 291 Å².